The van der Waals surface area contributed by atoms with Crippen molar-refractivity contribution in [2.45, 2.75) is 12.4 Å². The van der Waals surface area contributed by atoms with E-state index < -0.39 is 23.5 Å². The van der Waals surface area contributed by atoms with Gasteiger partial charge in [0.2, 0.25) is 0 Å². The van der Waals surface area contributed by atoms with E-state index in [4.69, 9.17) is 23.2 Å². The number of benzene rings is 2. The van der Waals surface area contributed by atoms with Crippen molar-refractivity contribution in [3.05, 3.63) is 88.6 Å². The molecule has 3 nitrogen and oxygen atoms in total. The van der Waals surface area contributed by atoms with E-state index in [2.05, 4.69) is 9.97 Å². The van der Waals surface area contributed by atoms with Gasteiger partial charge in [-0.05, 0) is 36.4 Å². The summed E-state index contributed by atoms with van der Waals surface area (Å²) >= 11 is 12.3. The lowest BCUT2D eigenvalue weighted by Crippen LogP contribution is -2.11. The Kier molecular flexibility index (Phi) is 5.88. The fraction of sp³-hybridized carbons (Fsp3) is 0.0909. The Labute approximate surface area is 193 Å². The fourth-order valence-electron chi connectivity index (χ4n) is 3.32. The third-order valence-electron chi connectivity index (χ3n) is 4.80. The van der Waals surface area contributed by atoms with Crippen LogP contribution in [0.5, 0.6) is 0 Å². The van der Waals surface area contributed by atoms with E-state index in [1.807, 2.05) is 0 Å². The van der Waals surface area contributed by atoms with Crippen molar-refractivity contribution in [2.75, 3.05) is 0 Å². The molecular weight excluding hydrogens is 491 g/mol. The molecule has 0 saturated carbocycles. The SMILES string of the molecule is FC(F)(F)c1cc(-c2cncn2-c2cnccc2-c2ccc(Cl)cc2Cl)cc(C(F)(F)F)c1. The summed E-state index contributed by atoms with van der Waals surface area (Å²) in [6.45, 7) is 0. The third-order valence-corrected chi connectivity index (χ3v) is 5.35. The number of aromatic nitrogens is 3. The molecule has 0 fully saturated rings. The fourth-order valence-corrected chi connectivity index (χ4v) is 3.83. The first-order valence-corrected chi connectivity index (χ1v) is 9.93. The maximum absolute atomic E-state index is 13.3. The van der Waals surface area contributed by atoms with Crippen LogP contribution in [0.4, 0.5) is 26.3 Å². The van der Waals surface area contributed by atoms with Crippen LogP contribution in [0.2, 0.25) is 10.0 Å². The smallest absolute Gasteiger partial charge is 0.297 e. The third kappa shape index (κ3) is 4.69. The van der Waals surface area contributed by atoms with Crippen molar-refractivity contribution in [1.29, 1.82) is 0 Å². The van der Waals surface area contributed by atoms with Crippen LogP contribution in [0.15, 0.2) is 67.4 Å². The molecule has 2 aromatic carbocycles. The van der Waals surface area contributed by atoms with Crippen molar-refractivity contribution in [3.8, 4) is 28.1 Å². The van der Waals surface area contributed by atoms with Gasteiger partial charge in [0.25, 0.3) is 0 Å². The van der Waals surface area contributed by atoms with Crippen LogP contribution in [0.3, 0.4) is 0 Å². The summed E-state index contributed by atoms with van der Waals surface area (Å²) in [5, 5.41) is 0.696. The summed E-state index contributed by atoms with van der Waals surface area (Å²) in [7, 11) is 0. The zero-order valence-electron chi connectivity index (χ0n) is 16.2. The second kappa shape index (κ2) is 8.39. The quantitative estimate of drug-likeness (QED) is 0.266. The Hall–Kier alpha value is -3.04. The predicted octanol–water partition coefficient (Wildman–Crippen LogP) is 7.95. The summed E-state index contributed by atoms with van der Waals surface area (Å²) in [5.74, 6) is 0. The van der Waals surface area contributed by atoms with Gasteiger partial charge in [0.05, 0.1) is 41.2 Å². The van der Waals surface area contributed by atoms with Gasteiger partial charge in [0, 0.05) is 32.9 Å². The normalized spacial score (nSPS) is 12.2. The van der Waals surface area contributed by atoms with Gasteiger partial charge >= 0.3 is 12.4 Å². The molecule has 0 spiro atoms. The maximum Gasteiger partial charge on any atom is 0.416 e. The monoisotopic (exact) mass is 501 g/mol. The Morgan fingerprint density at radius 1 is 0.727 bits per heavy atom. The van der Waals surface area contributed by atoms with E-state index in [1.54, 1.807) is 18.2 Å². The van der Waals surface area contributed by atoms with Gasteiger partial charge in [0.1, 0.15) is 0 Å². The van der Waals surface area contributed by atoms with Crippen molar-refractivity contribution < 1.29 is 26.3 Å². The average molecular weight is 502 g/mol. The van der Waals surface area contributed by atoms with Crippen LogP contribution in [0.25, 0.3) is 28.1 Å². The number of imidazole rings is 1. The Morgan fingerprint density at radius 3 is 2.00 bits per heavy atom. The molecule has 4 aromatic rings. The van der Waals surface area contributed by atoms with Crippen LogP contribution >= 0.6 is 23.2 Å². The molecule has 0 N–H and O–H groups in total. The molecule has 0 unspecified atom stereocenters. The van der Waals surface area contributed by atoms with Crippen molar-refractivity contribution in [2.24, 2.45) is 0 Å². The summed E-state index contributed by atoms with van der Waals surface area (Å²) in [6, 6.07) is 7.74. The minimum absolute atomic E-state index is 0.00550. The highest BCUT2D eigenvalue weighted by Crippen LogP contribution is 2.40. The lowest BCUT2D eigenvalue weighted by molar-refractivity contribution is -0.143. The lowest BCUT2D eigenvalue weighted by atomic mass is 10.0. The summed E-state index contributed by atoms with van der Waals surface area (Å²) in [4.78, 5) is 7.99. The lowest BCUT2D eigenvalue weighted by Gasteiger charge is -2.17. The summed E-state index contributed by atoms with van der Waals surface area (Å²) in [5.41, 5.74) is -1.75. The van der Waals surface area contributed by atoms with E-state index in [0.717, 1.165) is 0 Å². The van der Waals surface area contributed by atoms with E-state index in [1.165, 1.54) is 35.6 Å². The van der Waals surface area contributed by atoms with Gasteiger partial charge in [-0.2, -0.15) is 26.3 Å². The summed E-state index contributed by atoms with van der Waals surface area (Å²) < 4.78 is 81.4. The highest BCUT2D eigenvalue weighted by Gasteiger charge is 2.37. The van der Waals surface area contributed by atoms with E-state index >= 15 is 0 Å². The molecule has 170 valence electrons. The Balaban J connectivity index is 1.93. The highest BCUT2D eigenvalue weighted by molar-refractivity contribution is 6.36. The van der Waals surface area contributed by atoms with Crippen molar-refractivity contribution in [1.82, 2.24) is 14.5 Å². The number of halogens is 8. The first-order valence-electron chi connectivity index (χ1n) is 9.17. The first kappa shape index (κ1) is 23.1. The molecule has 33 heavy (non-hydrogen) atoms. The van der Waals surface area contributed by atoms with Crippen molar-refractivity contribution >= 4 is 23.2 Å². The molecule has 2 heterocycles. The maximum atomic E-state index is 13.3. The molecule has 0 amide bonds. The van der Waals surface area contributed by atoms with E-state index in [0.29, 0.717) is 39.0 Å². The Morgan fingerprint density at radius 2 is 1.39 bits per heavy atom. The molecule has 0 aliphatic rings. The number of alkyl halides is 6. The van der Waals surface area contributed by atoms with Crippen molar-refractivity contribution in [3.63, 3.8) is 0 Å². The standard InChI is InChI=1S/C22H11Cl2F6N3/c23-15-1-2-16(18(24)8-15)17-3-4-31-10-20(17)33-11-32-9-19(33)12-5-13(21(25,26)27)7-14(6-12)22(28,29)30/h1-11H. The second-order valence-electron chi connectivity index (χ2n) is 6.96. The number of rotatable bonds is 3. The van der Waals surface area contributed by atoms with Gasteiger partial charge in [-0.3, -0.25) is 9.55 Å². The van der Waals surface area contributed by atoms with Gasteiger partial charge in [-0.15, -0.1) is 0 Å². The zero-order chi connectivity index (χ0) is 24.0. The Bertz CT molecular complexity index is 1300. The largest absolute Gasteiger partial charge is 0.416 e. The molecule has 0 bridgehead atoms. The topological polar surface area (TPSA) is 30.7 Å². The van der Waals surface area contributed by atoms with Crippen LogP contribution in [0, 0.1) is 0 Å². The molecule has 0 saturated heterocycles. The molecule has 0 radical (unpaired) electrons. The minimum atomic E-state index is -4.98. The molecule has 0 aliphatic carbocycles. The second-order valence-corrected chi connectivity index (χ2v) is 7.80. The molecule has 0 aliphatic heterocycles. The van der Waals surface area contributed by atoms with Gasteiger partial charge in [0.15, 0.2) is 0 Å². The average Bonchev–Trinajstić information content (AvgIpc) is 3.22. The van der Waals surface area contributed by atoms with Gasteiger partial charge < -0.3 is 0 Å². The van der Waals surface area contributed by atoms with E-state index in [9.17, 15) is 26.3 Å². The van der Waals surface area contributed by atoms with Gasteiger partial charge in [-0.25, -0.2) is 4.98 Å². The number of hydrogen-bond acceptors (Lipinski definition) is 2. The van der Waals surface area contributed by atoms with E-state index in [-0.39, 0.29) is 17.3 Å². The van der Waals surface area contributed by atoms with Crippen LogP contribution in [-0.2, 0) is 12.4 Å². The van der Waals surface area contributed by atoms with Crippen LogP contribution < -0.4 is 0 Å². The molecular formula is C22H11Cl2F6N3. The minimum Gasteiger partial charge on any atom is -0.297 e. The molecule has 4 rings (SSSR count). The number of pyridine rings is 1. The number of hydrogen-bond donors (Lipinski definition) is 0. The van der Waals surface area contributed by atoms with Crippen LogP contribution in [0.1, 0.15) is 11.1 Å². The summed E-state index contributed by atoms with van der Waals surface area (Å²) in [6.07, 6.45) is -4.62. The van der Waals surface area contributed by atoms with Crippen LogP contribution in [-0.4, -0.2) is 14.5 Å². The molecule has 2 aromatic heterocycles. The van der Waals surface area contributed by atoms with Gasteiger partial charge in [-0.1, -0.05) is 29.3 Å². The first-order chi connectivity index (χ1) is 15.4. The predicted molar refractivity (Wildman–Crippen MR) is 112 cm³/mol. The highest BCUT2D eigenvalue weighted by atomic mass is 35.5. The zero-order valence-corrected chi connectivity index (χ0v) is 17.7. The number of nitrogens with zero attached hydrogens (tertiary/aromatic N) is 3. The molecule has 0 atom stereocenters. The molecule has 11 heteroatoms.